The summed E-state index contributed by atoms with van der Waals surface area (Å²) in [6.45, 7) is 1.72. The number of benzene rings is 2. The van der Waals surface area contributed by atoms with Gasteiger partial charge in [0.15, 0.2) is 0 Å². The zero-order valence-corrected chi connectivity index (χ0v) is 15.7. The van der Waals surface area contributed by atoms with Crippen molar-refractivity contribution < 1.29 is 9.59 Å². The van der Waals surface area contributed by atoms with Gasteiger partial charge in [-0.3, -0.25) is 9.59 Å². The molecule has 27 heavy (non-hydrogen) atoms. The fourth-order valence-electron chi connectivity index (χ4n) is 2.30. The summed E-state index contributed by atoms with van der Waals surface area (Å²) >= 11 is 12.0. The summed E-state index contributed by atoms with van der Waals surface area (Å²) in [5.74, 6) is -0.609. The third-order valence-electron chi connectivity index (χ3n) is 3.82. The van der Waals surface area contributed by atoms with Crippen LogP contribution in [0.15, 0.2) is 55.1 Å². The Labute approximate surface area is 165 Å². The van der Waals surface area contributed by atoms with Crippen LogP contribution >= 0.6 is 23.2 Å². The third-order valence-corrected chi connectivity index (χ3v) is 4.64. The lowest BCUT2D eigenvalue weighted by atomic mass is 10.2. The molecular weight excluding hydrogens is 389 g/mol. The number of anilines is 2. The van der Waals surface area contributed by atoms with E-state index in [4.69, 9.17) is 23.2 Å². The van der Waals surface area contributed by atoms with Gasteiger partial charge in [0, 0.05) is 11.4 Å². The van der Waals surface area contributed by atoms with E-state index in [1.807, 2.05) is 0 Å². The molecule has 0 aliphatic carbocycles. The minimum absolute atomic E-state index is 0.197. The number of carbonyl (C=O) groups excluding carboxylic acids is 2. The molecule has 0 bridgehead atoms. The summed E-state index contributed by atoms with van der Waals surface area (Å²) in [4.78, 5) is 28.4. The maximum Gasteiger partial charge on any atom is 0.257 e. The summed E-state index contributed by atoms with van der Waals surface area (Å²) in [7, 11) is 0. The lowest BCUT2D eigenvalue weighted by molar-refractivity contribution is -0.119. The van der Waals surface area contributed by atoms with Gasteiger partial charge in [-0.2, -0.15) is 5.10 Å². The van der Waals surface area contributed by atoms with E-state index in [1.165, 1.54) is 17.3 Å². The Hall–Kier alpha value is -2.90. The second kappa shape index (κ2) is 8.20. The summed E-state index contributed by atoms with van der Waals surface area (Å²) < 4.78 is 1.46. The molecule has 138 valence electrons. The quantitative estimate of drug-likeness (QED) is 0.672. The number of hydrogen-bond donors (Lipinski definition) is 2. The summed E-state index contributed by atoms with van der Waals surface area (Å²) in [6, 6.07) is 11.1. The van der Waals surface area contributed by atoms with Gasteiger partial charge >= 0.3 is 0 Å². The van der Waals surface area contributed by atoms with Gasteiger partial charge in [0.25, 0.3) is 5.91 Å². The number of aromatic nitrogens is 3. The maximum atomic E-state index is 12.3. The standard InChI is InChI=1S/C18H15Cl2N5O2/c1-11(25-10-21-9-22-25)17(26)23-12-5-7-13(8-6-12)24-18(27)14-3-2-4-15(19)16(14)20/h2-11H,1H3,(H,23,26)(H,24,27)/t11-/m0/s1. The van der Waals surface area contributed by atoms with Crippen LogP contribution in [0.1, 0.15) is 23.3 Å². The molecule has 2 N–H and O–H groups in total. The van der Waals surface area contributed by atoms with Crippen molar-refractivity contribution in [3.63, 3.8) is 0 Å². The van der Waals surface area contributed by atoms with Gasteiger partial charge < -0.3 is 10.6 Å². The van der Waals surface area contributed by atoms with E-state index in [9.17, 15) is 9.59 Å². The molecule has 0 fully saturated rings. The van der Waals surface area contributed by atoms with Gasteiger partial charge in [-0.1, -0.05) is 29.3 Å². The summed E-state index contributed by atoms with van der Waals surface area (Å²) in [6.07, 6.45) is 2.84. The van der Waals surface area contributed by atoms with Crippen molar-refractivity contribution in [1.29, 1.82) is 0 Å². The van der Waals surface area contributed by atoms with Crippen LogP contribution in [0.5, 0.6) is 0 Å². The Morgan fingerprint density at radius 1 is 1.04 bits per heavy atom. The number of hydrogen-bond acceptors (Lipinski definition) is 4. The van der Waals surface area contributed by atoms with Gasteiger partial charge in [0.1, 0.15) is 18.7 Å². The summed E-state index contributed by atoms with van der Waals surface area (Å²) in [5.41, 5.74) is 1.42. The Balaban J connectivity index is 1.64. The highest BCUT2D eigenvalue weighted by Gasteiger charge is 2.16. The minimum Gasteiger partial charge on any atom is -0.324 e. The molecular formula is C18H15Cl2N5O2. The van der Waals surface area contributed by atoms with Crippen LogP contribution in [0.2, 0.25) is 10.0 Å². The predicted molar refractivity (Wildman–Crippen MR) is 104 cm³/mol. The van der Waals surface area contributed by atoms with Crippen molar-refractivity contribution in [2.45, 2.75) is 13.0 Å². The maximum absolute atomic E-state index is 12.3. The predicted octanol–water partition coefficient (Wildman–Crippen LogP) is 4.04. The Kier molecular flexibility index (Phi) is 5.73. The normalized spacial score (nSPS) is 11.7. The number of rotatable bonds is 5. The molecule has 1 aromatic heterocycles. The van der Waals surface area contributed by atoms with E-state index >= 15 is 0 Å². The fourth-order valence-corrected chi connectivity index (χ4v) is 2.69. The number of nitrogens with one attached hydrogen (secondary N) is 2. The zero-order chi connectivity index (χ0) is 19.4. The molecule has 0 unspecified atom stereocenters. The first-order valence-electron chi connectivity index (χ1n) is 7.96. The monoisotopic (exact) mass is 403 g/mol. The van der Waals surface area contributed by atoms with Gasteiger partial charge in [0.05, 0.1) is 15.6 Å². The third kappa shape index (κ3) is 4.45. The molecule has 9 heteroatoms. The molecule has 3 rings (SSSR count). The van der Waals surface area contributed by atoms with Gasteiger partial charge in [0.2, 0.25) is 5.91 Å². The van der Waals surface area contributed by atoms with E-state index in [-0.39, 0.29) is 22.4 Å². The van der Waals surface area contributed by atoms with Crippen molar-refractivity contribution in [2.75, 3.05) is 10.6 Å². The Bertz CT molecular complexity index is 958. The Morgan fingerprint density at radius 2 is 1.70 bits per heavy atom. The van der Waals surface area contributed by atoms with E-state index in [0.717, 1.165) is 0 Å². The van der Waals surface area contributed by atoms with Crippen molar-refractivity contribution in [3.8, 4) is 0 Å². The smallest absolute Gasteiger partial charge is 0.257 e. The molecule has 1 atom stereocenters. The van der Waals surface area contributed by atoms with Crippen LogP contribution in [-0.4, -0.2) is 26.6 Å². The largest absolute Gasteiger partial charge is 0.324 e. The highest BCUT2D eigenvalue weighted by molar-refractivity contribution is 6.44. The second-order valence-corrected chi connectivity index (χ2v) is 6.46. The second-order valence-electron chi connectivity index (χ2n) is 5.67. The van der Waals surface area contributed by atoms with E-state index in [0.29, 0.717) is 16.4 Å². The fraction of sp³-hybridized carbons (Fsp3) is 0.111. The highest BCUT2D eigenvalue weighted by atomic mass is 35.5. The highest BCUT2D eigenvalue weighted by Crippen LogP contribution is 2.26. The molecule has 0 saturated carbocycles. The van der Waals surface area contributed by atoms with Crippen molar-refractivity contribution >= 4 is 46.4 Å². The van der Waals surface area contributed by atoms with E-state index in [2.05, 4.69) is 20.7 Å². The molecule has 0 aliphatic heterocycles. The van der Waals surface area contributed by atoms with Crippen molar-refractivity contribution in [3.05, 3.63) is 70.7 Å². The van der Waals surface area contributed by atoms with E-state index < -0.39 is 6.04 Å². The lowest BCUT2D eigenvalue weighted by Crippen LogP contribution is -2.24. The molecule has 0 spiro atoms. The first-order valence-corrected chi connectivity index (χ1v) is 8.71. The van der Waals surface area contributed by atoms with Crippen molar-refractivity contribution in [1.82, 2.24) is 14.8 Å². The van der Waals surface area contributed by atoms with Crippen LogP contribution in [0, 0.1) is 0 Å². The first kappa shape index (κ1) is 18.9. The molecule has 0 aliphatic rings. The zero-order valence-electron chi connectivity index (χ0n) is 14.2. The van der Waals surface area contributed by atoms with Gasteiger partial charge in [-0.25, -0.2) is 9.67 Å². The van der Waals surface area contributed by atoms with Crippen molar-refractivity contribution in [2.24, 2.45) is 0 Å². The average molecular weight is 404 g/mol. The lowest BCUT2D eigenvalue weighted by Gasteiger charge is -2.13. The molecule has 2 aromatic carbocycles. The van der Waals surface area contributed by atoms with Gasteiger partial charge in [-0.05, 0) is 43.3 Å². The van der Waals surface area contributed by atoms with Crippen LogP contribution < -0.4 is 10.6 Å². The topological polar surface area (TPSA) is 88.9 Å². The first-order chi connectivity index (χ1) is 13.0. The SMILES string of the molecule is C[C@@H](C(=O)Nc1ccc(NC(=O)c2cccc(Cl)c2Cl)cc1)n1cncn1. The molecule has 0 saturated heterocycles. The summed E-state index contributed by atoms with van der Waals surface area (Å²) in [5, 5.41) is 9.97. The van der Waals surface area contributed by atoms with Crippen LogP contribution in [0.3, 0.4) is 0 Å². The molecule has 7 nitrogen and oxygen atoms in total. The van der Waals surface area contributed by atoms with E-state index in [1.54, 1.807) is 49.4 Å². The van der Waals surface area contributed by atoms with Crippen LogP contribution in [-0.2, 0) is 4.79 Å². The number of carbonyl (C=O) groups is 2. The van der Waals surface area contributed by atoms with Gasteiger partial charge in [-0.15, -0.1) is 0 Å². The minimum atomic E-state index is -0.503. The van der Waals surface area contributed by atoms with Crippen LogP contribution in [0.4, 0.5) is 11.4 Å². The molecule has 2 amide bonds. The number of amides is 2. The average Bonchev–Trinajstić information content (AvgIpc) is 3.19. The molecule has 0 radical (unpaired) electrons. The Morgan fingerprint density at radius 3 is 2.33 bits per heavy atom. The van der Waals surface area contributed by atoms with Crippen LogP contribution in [0.25, 0.3) is 0 Å². The number of halogens is 2. The molecule has 1 heterocycles. The number of nitrogens with zero attached hydrogens (tertiary/aromatic N) is 3. The molecule has 3 aromatic rings.